The van der Waals surface area contributed by atoms with Crippen molar-refractivity contribution in [2.45, 2.75) is 32.2 Å². The van der Waals surface area contributed by atoms with Gasteiger partial charge in [0.25, 0.3) is 5.91 Å². The number of hydrogen-bond donors (Lipinski definition) is 1. The molecule has 92 valence electrons. The Kier molecular flexibility index (Phi) is 3.31. The molecule has 1 unspecified atom stereocenters. The molecule has 0 aromatic heterocycles. The fourth-order valence-electron chi connectivity index (χ4n) is 2.43. The Morgan fingerprint density at radius 1 is 1.53 bits per heavy atom. The molecule has 0 bridgehead atoms. The van der Waals surface area contributed by atoms with Gasteiger partial charge in [0.2, 0.25) is 0 Å². The summed E-state index contributed by atoms with van der Waals surface area (Å²) in [5.74, 6) is -0.568. The lowest BCUT2D eigenvalue weighted by Gasteiger charge is -2.23. The minimum Gasteiger partial charge on any atom is -0.399 e. The highest BCUT2D eigenvalue weighted by Crippen LogP contribution is 2.23. The van der Waals surface area contributed by atoms with Gasteiger partial charge >= 0.3 is 0 Å². The molecule has 1 aromatic rings. The van der Waals surface area contributed by atoms with E-state index in [4.69, 9.17) is 5.73 Å². The second-order valence-corrected chi connectivity index (χ2v) is 4.48. The average Bonchev–Trinajstić information content (AvgIpc) is 2.74. The van der Waals surface area contributed by atoms with Gasteiger partial charge in [-0.05, 0) is 37.5 Å². The predicted molar refractivity (Wildman–Crippen MR) is 65.2 cm³/mol. The summed E-state index contributed by atoms with van der Waals surface area (Å²) in [4.78, 5) is 14.1. The highest BCUT2D eigenvalue weighted by atomic mass is 19.1. The van der Waals surface area contributed by atoms with Crippen LogP contribution >= 0.6 is 0 Å². The summed E-state index contributed by atoms with van der Waals surface area (Å²) >= 11 is 0. The zero-order chi connectivity index (χ0) is 12.4. The van der Waals surface area contributed by atoms with Crippen LogP contribution in [0.5, 0.6) is 0 Å². The van der Waals surface area contributed by atoms with Crippen molar-refractivity contribution in [3.05, 3.63) is 29.6 Å². The van der Waals surface area contributed by atoms with Crippen molar-refractivity contribution >= 4 is 11.6 Å². The fourth-order valence-corrected chi connectivity index (χ4v) is 2.43. The van der Waals surface area contributed by atoms with Crippen molar-refractivity contribution in [3.63, 3.8) is 0 Å². The molecule has 0 spiro atoms. The molecule has 1 atom stereocenters. The zero-order valence-electron chi connectivity index (χ0n) is 9.95. The number of nitrogens with two attached hydrogens (primary N) is 1. The van der Waals surface area contributed by atoms with E-state index in [0.717, 1.165) is 25.8 Å². The van der Waals surface area contributed by atoms with Crippen LogP contribution < -0.4 is 5.73 Å². The van der Waals surface area contributed by atoms with E-state index in [1.54, 1.807) is 0 Å². The predicted octanol–water partition coefficient (Wildman–Crippen LogP) is 2.42. The van der Waals surface area contributed by atoms with Crippen LogP contribution in [0.1, 0.15) is 36.5 Å². The Hall–Kier alpha value is -1.58. The smallest absolute Gasteiger partial charge is 0.254 e. The first-order chi connectivity index (χ1) is 8.11. The molecule has 1 aliphatic heterocycles. The van der Waals surface area contributed by atoms with E-state index in [1.807, 2.05) is 4.90 Å². The van der Waals surface area contributed by atoms with Crippen LogP contribution in [0, 0.1) is 5.82 Å². The fraction of sp³-hybridized carbons (Fsp3) is 0.462. The SMILES string of the molecule is CCC1CCCN1C(=O)c1cc(N)cc(F)c1. The third kappa shape index (κ3) is 2.40. The van der Waals surface area contributed by atoms with Crippen molar-refractivity contribution in [3.8, 4) is 0 Å². The molecular formula is C13H17FN2O. The van der Waals surface area contributed by atoms with Gasteiger partial charge in [-0.25, -0.2) is 4.39 Å². The van der Waals surface area contributed by atoms with Gasteiger partial charge in [-0.3, -0.25) is 4.79 Å². The second kappa shape index (κ2) is 4.73. The number of rotatable bonds is 2. The third-order valence-corrected chi connectivity index (χ3v) is 3.28. The van der Waals surface area contributed by atoms with E-state index in [-0.39, 0.29) is 11.9 Å². The lowest BCUT2D eigenvalue weighted by Crippen LogP contribution is -2.35. The summed E-state index contributed by atoms with van der Waals surface area (Å²) in [7, 11) is 0. The van der Waals surface area contributed by atoms with Gasteiger partial charge in [-0.1, -0.05) is 6.92 Å². The molecule has 2 rings (SSSR count). The molecule has 1 fully saturated rings. The largest absolute Gasteiger partial charge is 0.399 e. The van der Waals surface area contributed by atoms with E-state index >= 15 is 0 Å². The van der Waals surface area contributed by atoms with Crippen LogP contribution in [0.4, 0.5) is 10.1 Å². The molecule has 1 aliphatic rings. The Labute approximate surface area is 100 Å². The maximum absolute atomic E-state index is 13.2. The molecule has 4 heteroatoms. The van der Waals surface area contributed by atoms with Crippen LogP contribution in [0.25, 0.3) is 0 Å². The number of carbonyl (C=O) groups is 1. The topological polar surface area (TPSA) is 46.3 Å². The second-order valence-electron chi connectivity index (χ2n) is 4.48. The number of nitrogens with zero attached hydrogens (tertiary/aromatic N) is 1. The summed E-state index contributed by atoms with van der Waals surface area (Å²) in [6.45, 7) is 2.82. The number of carbonyl (C=O) groups excluding carboxylic acids is 1. The van der Waals surface area contributed by atoms with Gasteiger partial charge in [0.1, 0.15) is 5.82 Å². The van der Waals surface area contributed by atoms with Crippen LogP contribution in [-0.2, 0) is 0 Å². The third-order valence-electron chi connectivity index (χ3n) is 3.28. The van der Waals surface area contributed by atoms with Crippen molar-refractivity contribution in [2.24, 2.45) is 0 Å². The number of likely N-dealkylation sites (tertiary alicyclic amines) is 1. The van der Waals surface area contributed by atoms with E-state index in [0.29, 0.717) is 11.3 Å². The minimum atomic E-state index is -0.458. The standard InChI is InChI=1S/C13H17FN2O/c1-2-12-4-3-5-16(12)13(17)9-6-10(14)8-11(15)7-9/h6-8,12H,2-5,15H2,1H3. The van der Waals surface area contributed by atoms with Crippen molar-refractivity contribution < 1.29 is 9.18 Å². The lowest BCUT2D eigenvalue weighted by molar-refractivity contribution is 0.0733. The van der Waals surface area contributed by atoms with Crippen LogP contribution in [0.2, 0.25) is 0 Å². The summed E-state index contributed by atoms with van der Waals surface area (Å²) in [5.41, 5.74) is 6.19. The quantitative estimate of drug-likeness (QED) is 0.801. The molecule has 0 radical (unpaired) electrons. The summed E-state index contributed by atoms with van der Waals surface area (Å²) in [5, 5.41) is 0. The molecule has 2 N–H and O–H groups in total. The molecular weight excluding hydrogens is 219 g/mol. The van der Waals surface area contributed by atoms with Gasteiger partial charge < -0.3 is 10.6 Å². The lowest BCUT2D eigenvalue weighted by atomic mass is 10.1. The molecule has 3 nitrogen and oxygen atoms in total. The first kappa shape index (κ1) is 11.9. The molecule has 0 aliphatic carbocycles. The Bertz CT molecular complexity index is 413. The summed E-state index contributed by atoms with van der Waals surface area (Å²) < 4.78 is 13.2. The highest BCUT2D eigenvalue weighted by Gasteiger charge is 2.28. The van der Waals surface area contributed by atoms with Gasteiger partial charge in [0.05, 0.1) is 0 Å². The van der Waals surface area contributed by atoms with Gasteiger partial charge in [0, 0.05) is 23.8 Å². The first-order valence-corrected chi connectivity index (χ1v) is 5.99. The number of anilines is 1. The van der Waals surface area contributed by atoms with E-state index < -0.39 is 5.82 Å². The minimum absolute atomic E-state index is 0.111. The first-order valence-electron chi connectivity index (χ1n) is 5.99. The van der Waals surface area contributed by atoms with E-state index in [2.05, 4.69) is 6.92 Å². The van der Waals surface area contributed by atoms with Crippen LogP contribution in [0.3, 0.4) is 0 Å². The number of halogens is 1. The Balaban J connectivity index is 2.24. The monoisotopic (exact) mass is 236 g/mol. The summed E-state index contributed by atoms with van der Waals surface area (Å²) in [6, 6.07) is 4.30. The number of hydrogen-bond acceptors (Lipinski definition) is 2. The highest BCUT2D eigenvalue weighted by molar-refractivity contribution is 5.95. The zero-order valence-corrected chi connectivity index (χ0v) is 9.95. The van der Waals surface area contributed by atoms with Gasteiger partial charge in [-0.2, -0.15) is 0 Å². The van der Waals surface area contributed by atoms with E-state index in [9.17, 15) is 9.18 Å². The number of amides is 1. The molecule has 1 aromatic carbocycles. The molecule has 17 heavy (non-hydrogen) atoms. The number of nitrogen functional groups attached to an aromatic ring is 1. The van der Waals surface area contributed by atoms with Crippen LogP contribution in [0.15, 0.2) is 18.2 Å². The molecule has 1 heterocycles. The number of benzene rings is 1. The summed E-state index contributed by atoms with van der Waals surface area (Å²) in [6.07, 6.45) is 3.00. The Morgan fingerprint density at radius 2 is 2.29 bits per heavy atom. The molecule has 1 amide bonds. The Morgan fingerprint density at radius 3 is 2.94 bits per heavy atom. The average molecular weight is 236 g/mol. The van der Waals surface area contributed by atoms with Crippen molar-refractivity contribution in [2.75, 3.05) is 12.3 Å². The van der Waals surface area contributed by atoms with Crippen molar-refractivity contribution in [1.29, 1.82) is 0 Å². The maximum atomic E-state index is 13.2. The van der Waals surface area contributed by atoms with E-state index in [1.165, 1.54) is 18.2 Å². The van der Waals surface area contributed by atoms with Crippen LogP contribution in [-0.4, -0.2) is 23.4 Å². The van der Waals surface area contributed by atoms with Gasteiger partial charge in [-0.15, -0.1) is 0 Å². The molecule has 1 saturated heterocycles. The molecule has 0 saturated carbocycles. The maximum Gasteiger partial charge on any atom is 0.254 e. The van der Waals surface area contributed by atoms with Gasteiger partial charge in [0.15, 0.2) is 0 Å². The normalized spacial score (nSPS) is 19.6. The van der Waals surface area contributed by atoms with Crippen molar-refractivity contribution in [1.82, 2.24) is 4.90 Å².